The van der Waals surface area contributed by atoms with E-state index < -0.39 is 11.3 Å². The highest BCUT2D eigenvalue weighted by Gasteiger charge is 2.31. The van der Waals surface area contributed by atoms with Gasteiger partial charge >= 0.3 is 0 Å². The number of hydrogen-bond donors (Lipinski definition) is 1. The second kappa shape index (κ2) is 10.9. The lowest BCUT2D eigenvalue weighted by Crippen LogP contribution is -2.42. The first kappa shape index (κ1) is 23.4. The van der Waals surface area contributed by atoms with E-state index in [4.69, 9.17) is 0 Å². The van der Waals surface area contributed by atoms with Gasteiger partial charge in [0.15, 0.2) is 0 Å². The van der Waals surface area contributed by atoms with Crippen molar-refractivity contribution in [2.75, 3.05) is 13.6 Å². The fourth-order valence-corrected chi connectivity index (χ4v) is 4.57. The molecule has 4 rings (SSSR count). The van der Waals surface area contributed by atoms with E-state index in [9.17, 15) is 14.4 Å². The van der Waals surface area contributed by atoms with Crippen molar-refractivity contribution in [2.45, 2.75) is 44.7 Å². The Morgan fingerprint density at radius 3 is 2.59 bits per heavy atom. The number of likely N-dealkylation sites (tertiary alicyclic amines) is 1. The number of carbonyl (C=O) groups is 2. The van der Waals surface area contributed by atoms with Crippen molar-refractivity contribution in [3.05, 3.63) is 99.7 Å². The van der Waals surface area contributed by atoms with Crippen LogP contribution in [0.2, 0.25) is 0 Å². The van der Waals surface area contributed by atoms with Crippen molar-refractivity contribution >= 4 is 11.8 Å². The highest BCUT2D eigenvalue weighted by Crippen LogP contribution is 2.31. The van der Waals surface area contributed by atoms with Crippen LogP contribution in [0.25, 0.3) is 0 Å². The third kappa shape index (κ3) is 5.25. The Morgan fingerprint density at radius 2 is 1.85 bits per heavy atom. The summed E-state index contributed by atoms with van der Waals surface area (Å²) in [5, 5.41) is 2.53. The van der Waals surface area contributed by atoms with Crippen molar-refractivity contribution in [1.82, 2.24) is 19.8 Å². The van der Waals surface area contributed by atoms with Gasteiger partial charge in [-0.25, -0.2) is 0 Å². The number of piperidine rings is 1. The van der Waals surface area contributed by atoms with E-state index in [2.05, 4.69) is 22.4 Å². The molecule has 1 N–H and O–H groups in total. The van der Waals surface area contributed by atoms with Crippen molar-refractivity contribution in [3.8, 4) is 0 Å². The molecule has 0 spiro atoms. The van der Waals surface area contributed by atoms with Gasteiger partial charge in [0.05, 0.1) is 6.04 Å². The Labute approximate surface area is 199 Å². The molecule has 0 radical (unpaired) electrons. The van der Waals surface area contributed by atoms with Crippen LogP contribution in [0.1, 0.15) is 63.6 Å². The molecule has 1 aliphatic heterocycles. The predicted octanol–water partition coefficient (Wildman–Crippen LogP) is 3.60. The number of hydrogen-bond acceptors (Lipinski definition) is 4. The Balaban J connectivity index is 1.63. The van der Waals surface area contributed by atoms with Crippen LogP contribution in [0.15, 0.2) is 72.0 Å². The van der Waals surface area contributed by atoms with Crippen LogP contribution in [0.3, 0.4) is 0 Å². The molecule has 0 saturated carbocycles. The van der Waals surface area contributed by atoms with Crippen molar-refractivity contribution in [1.29, 1.82) is 0 Å². The molecule has 0 unspecified atom stereocenters. The summed E-state index contributed by atoms with van der Waals surface area (Å²) in [6.07, 6.45) is 11.0. The quantitative estimate of drug-likeness (QED) is 0.586. The van der Waals surface area contributed by atoms with E-state index in [0.717, 1.165) is 37.7 Å². The first-order chi connectivity index (χ1) is 16.6. The Kier molecular flexibility index (Phi) is 7.52. The number of benzene rings is 1. The maximum atomic E-state index is 13.7. The summed E-state index contributed by atoms with van der Waals surface area (Å²) in [5.74, 6) is -0.819. The van der Waals surface area contributed by atoms with Gasteiger partial charge < -0.3 is 14.8 Å². The molecule has 1 fully saturated rings. The minimum Gasteiger partial charge on any atom is -0.355 e. The molecule has 2 aromatic heterocycles. The zero-order valence-corrected chi connectivity index (χ0v) is 19.4. The Morgan fingerprint density at radius 1 is 1.06 bits per heavy atom. The molecule has 34 heavy (non-hydrogen) atoms. The Hall–Kier alpha value is -3.74. The van der Waals surface area contributed by atoms with E-state index in [1.54, 1.807) is 34.3 Å². The monoisotopic (exact) mass is 458 g/mol. The molecule has 3 heterocycles. The van der Waals surface area contributed by atoms with Gasteiger partial charge in [-0.05, 0) is 49.3 Å². The van der Waals surface area contributed by atoms with Gasteiger partial charge in [0.1, 0.15) is 11.1 Å². The third-order valence-corrected chi connectivity index (χ3v) is 6.34. The zero-order chi connectivity index (χ0) is 23.9. The minimum atomic E-state index is -0.529. The van der Waals surface area contributed by atoms with Crippen molar-refractivity contribution < 1.29 is 9.59 Å². The molecule has 7 nitrogen and oxygen atoms in total. The number of amides is 2. The van der Waals surface area contributed by atoms with Crippen LogP contribution in [0, 0.1) is 0 Å². The average molecular weight is 459 g/mol. The minimum absolute atomic E-state index is 0.0111. The SMILES string of the molecule is CNC(=O)c1cn(CCCc2ccccc2)cc(C(=O)N2CCCC[C@H]2c2cccnc2)c1=O. The standard InChI is InChI=1S/C27H30N4O3/c1-28-26(33)22-18-30(15-8-11-20-9-3-2-4-10-20)19-23(25(22)32)27(34)31-16-6-5-13-24(31)21-12-7-14-29-17-21/h2-4,7,9-10,12,14,17-19,24H,5-6,8,11,13,15-16H2,1H3,(H,28,33)/t24-/m0/s1. The molecule has 176 valence electrons. The number of aromatic nitrogens is 2. The normalized spacial score (nSPS) is 15.7. The number of nitrogens with one attached hydrogen (secondary N) is 1. The highest BCUT2D eigenvalue weighted by atomic mass is 16.2. The number of rotatable bonds is 7. The van der Waals surface area contributed by atoms with Gasteiger partial charge in [-0.2, -0.15) is 0 Å². The molecule has 7 heteroatoms. The lowest BCUT2D eigenvalue weighted by atomic mass is 9.95. The summed E-state index contributed by atoms with van der Waals surface area (Å²) in [5.41, 5.74) is 1.68. The summed E-state index contributed by atoms with van der Waals surface area (Å²) < 4.78 is 1.80. The average Bonchev–Trinajstić information content (AvgIpc) is 2.89. The van der Waals surface area contributed by atoms with Crippen LogP contribution >= 0.6 is 0 Å². The van der Waals surface area contributed by atoms with Gasteiger partial charge in [0.25, 0.3) is 11.8 Å². The van der Waals surface area contributed by atoms with E-state index in [-0.39, 0.29) is 23.1 Å². The van der Waals surface area contributed by atoms with Crippen LogP contribution in [0.4, 0.5) is 0 Å². The number of carbonyl (C=O) groups excluding carboxylic acids is 2. The van der Waals surface area contributed by atoms with E-state index in [1.165, 1.54) is 12.6 Å². The molecule has 0 bridgehead atoms. The fraction of sp³-hybridized carbons (Fsp3) is 0.333. The first-order valence-corrected chi connectivity index (χ1v) is 11.8. The third-order valence-electron chi connectivity index (χ3n) is 6.34. The molecule has 2 amide bonds. The van der Waals surface area contributed by atoms with Crippen LogP contribution in [-0.2, 0) is 13.0 Å². The smallest absolute Gasteiger partial charge is 0.259 e. The maximum Gasteiger partial charge on any atom is 0.259 e. The van der Waals surface area contributed by atoms with Crippen LogP contribution < -0.4 is 10.7 Å². The van der Waals surface area contributed by atoms with Crippen molar-refractivity contribution in [3.63, 3.8) is 0 Å². The van der Waals surface area contributed by atoms with E-state index in [1.807, 2.05) is 30.3 Å². The van der Waals surface area contributed by atoms with Gasteiger partial charge in [0.2, 0.25) is 5.43 Å². The summed E-state index contributed by atoms with van der Waals surface area (Å²) in [7, 11) is 1.49. The van der Waals surface area contributed by atoms with Gasteiger partial charge in [-0.1, -0.05) is 36.4 Å². The number of aryl methyl sites for hydroxylation is 2. The number of pyridine rings is 2. The second-order valence-corrected chi connectivity index (χ2v) is 8.62. The molecule has 1 aromatic carbocycles. The molecule has 0 aliphatic carbocycles. The molecular formula is C27H30N4O3. The van der Waals surface area contributed by atoms with Crippen LogP contribution in [-0.4, -0.2) is 39.9 Å². The first-order valence-electron chi connectivity index (χ1n) is 11.8. The molecule has 1 aliphatic rings. The van der Waals surface area contributed by atoms with E-state index >= 15 is 0 Å². The lowest BCUT2D eigenvalue weighted by molar-refractivity contribution is 0.0609. The van der Waals surface area contributed by atoms with Gasteiger partial charge in [0, 0.05) is 44.9 Å². The maximum absolute atomic E-state index is 13.7. The molecular weight excluding hydrogens is 428 g/mol. The molecule has 1 atom stereocenters. The Bertz CT molecular complexity index is 1190. The lowest BCUT2D eigenvalue weighted by Gasteiger charge is -2.36. The summed E-state index contributed by atoms with van der Waals surface area (Å²) in [6.45, 7) is 1.15. The number of nitrogens with zero attached hydrogens (tertiary/aromatic N) is 3. The predicted molar refractivity (Wildman–Crippen MR) is 131 cm³/mol. The second-order valence-electron chi connectivity index (χ2n) is 8.62. The summed E-state index contributed by atoms with van der Waals surface area (Å²) in [6, 6.07) is 13.8. The molecule has 3 aromatic rings. The molecule has 1 saturated heterocycles. The highest BCUT2D eigenvalue weighted by molar-refractivity contribution is 5.99. The topological polar surface area (TPSA) is 84.3 Å². The van der Waals surface area contributed by atoms with E-state index in [0.29, 0.717) is 13.1 Å². The van der Waals surface area contributed by atoms with Crippen molar-refractivity contribution in [2.24, 2.45) is 0 Å². The summed E-state index contributed by atoms with van der Waals surface area (Å²) >= 11 is 0. The van der Waals surface area contributed by atoms with Gasteiger partial charge in [-0.3, -0.25) is 19.4 Å². The fourth-order valence-electron chi connectivity index (χ4n) is 4.57. The van der Waals surface area contributed by atoms with Gasteiger partial charge in [-0.15, -0.1) is 0 Å². The zero-order valence-electron chi connectivity index (χ0n) is 19.4. The summed E-state index contributed by atoms with van der Waals surface area (Å²) in [4.78, 5) is 45.3. The van der Waals surface area contributed by atoms with Crippen LogP contribution in [0.5, 0.6) is 0 Å². The largest absolute Gasteiger partial charge is 0.355 e.